The van der Waals surface area contributed by atoms with Gasteiger partial charge < -0.3 is 54.1 Å². The SMILES string of the molecule is CC(C)c1c(C(=O)Nc2ccccc2)c(-c2ccccc2)c(-c2ccc(F)cc2)n1CC[C@@H](O)C[C@@H](O)CC(=O)[O-].CO[C@H](CCn1c(-c2ccc(F)cc2)c(-c2ccccc2)c(C(=O)Nc2ccccc2)c1C(C)C)C[C@H](CC(=O)OC(C)(C)C)OC.[Ca+2]. The summed E-state index contributed by atoms with van der Waals surface area (Å²) < 4.78 is 49.5. The summed E-state index contributed by atoms with van der Waals surface area (Å²) in [5.74, 6) is -3.13. The minimum Gasteiger partial charge on any atom is -0.550 e. The molecule has 0 saturated carbocycles. The molecule has 8 rings (SSSR count). The number of esters is 1. The second kappa shape index (κ2) is 33.5. The Morgan fingerprint density at radius 1 is 0.517 bits per heavy atom. The fourth-order valence-electron chi connectivity index (χ4n) is 11.1. The molecule has 0 aliphatic carbocycles. The number of carboxylic acid groups (broad SMARTS) is 1. The number of amides is 2. The summed E-state index contributed by atoms with van der Waals surface area (Å²) in [6.45, 7) is 14.4. The van der Waals surface area contributed by atoms with Gasteiger partial charge in [-0.05, 0) is 147 Å². The minimum absolute atomic E-state index is 0. The van der Waals surface area contributed by atoms with Crippen molar-refractivity contribution < 1.29 is 57.5 Å². The Morgan fingerprint density at radius 2 is 0.899 bits per heavy atom. The molecule has 0 bridgehead atoms. The van der Waals surface area contributed by atoms with Crippen molar-refractivity contribution in [1.82, 2.24) is 9.13 Å². The van der Waals surface area contributed by atoms with E-state index in [4.69, 9.17) is 14.2 Å². The molecule has 0 aliphatic rings. The van der Waals surface area contributed by atoms with Gasteiger partial charge in [-0.2, -0.15) is 0 Å². The zero-order valence-corrected chi connectivity index (χ0v) is 54.5. The van der Waals surface area contributed by atoms with Crippen molar-refractivity contribution in [3.63, 3.8) is 0 Å². The summed E-state index contributed by atoms with van der Waals surface area (Å²) in [5.41, 5.74) is 9.53. The summed E-state index contributed by atoms with van der Waals surface area (Å²) in [6.07, 6.45) is -2.27. The van der Waals surface area contributed by atoms with Crippen LogP contribution in [0, 0.1) is 11.6 Å². The van der Waals surface area contributed by atoms with Gasteiger partial charge in [0.25, 0.3) is 11.8 Å². The molecule has 0 aliphatic heterocycles. The van der Waals surface area contributed by atoms with E-state index in [1.807, 2.05) is 148 Å². The number of aliphatic hydroxyl groups is 2. The average molecular weight is 1240 g/mol. The van der Waals surface area contributed by atoms with Gasteiger partial charge in [0.15, 0.2) is 0 Å². The zero-order chi connectivity index (χ0) is 63.7. The van der Waals surface area contributed by atoms with Gasteiger partial charge in [0.1, 0.15) is 17.2 Å². The van der Waals surface area contributed by atoms with E-state index in [1.54, 1.807) is 50.6 Å². The number of hydrogen-bond acceptors (Lipinski definition) is 10. The topological polar surface area (TPSA) is 193 Å². The number of nitrogens with one attached hydrogen (secondary N) is 2. The Bertz CT molecular complexity index is 3560. The molecule has 89 heavy (non-hydrogen) atoms. The quantitative estimate of drug-likeness (QED) is 0.0299. The molecule has 2 aromatic heterocycles. The van der Waals surface area contributed by atoms with Crippen LogP contribution < -0.4 is 15.7 Å². The summed E-state index contributed by atoms with van der Waals surface area (Å²) >= 11 is 0. The number of carboxylic acids is 1. The third-order valence-corrected chi connectivity index (χ3v) is 14.9. The van der Waals surface area contributed by atoms with Crippen LogP contribution >= 0.6 is 0 Å². The van der Waals surface area contributed by atoms with Gasteiger partial charge >= 0.3 is 43.7 Å². The van der Waals surface area contributed by atoms with Gasteiger partial charge in [-0.15, -0.1) is 0 Å². The van der Waals surface area contributed by atoms with Crippen LogP contribution in [0.3, 0.4) is 0 Å². The van der Waals surface area contributed by atoms with Gasteiger partial charge in [0.05, 0.1) is 53.4 Å². The predicted molar refractivity (Wildman–Crippen MR) is 345 cm³/mol. The van der Waals surface area contributed by atoms with Crippen LogP contribution in [-0.4, -0.2) is 125 Å². The van der Waals surface area contributed by atoms with Crippen molar-refractivity contribution in [3.05, 3.63) is 204 Å². The van der Waals surface area contributed by atoms with Crippen LogP contribution in [0.25, 0.3) is 44.8 Å². The molecule has 0 fully saturated rings. The molecular formula is C72H81CaF2N4O10+. The van der Waals surface area contributed by atoms with Crippen molar-refractivity contribution in [1.29, 1.82) is 0 Å². The smallest absolute Gasteiger partial charge is 0.550 e. The number of hydrogen-bond donors (Lipinski definition) is 4. The maximum absolute atomic E-state index is 14.3. The van der Waals surface area contributed by atoms with Crippen molar-refractivity contribution in [3.8, 4) is 44.8 Å². The van der Waals surface area contributed by atoms with Gasteiger partial charge in [-0.3, -0.25) is 14.4 Å². The predicted octanol–water partition coefficient (Wildman–Crippen LogP) is 13.5. The Balaban J connectivity index is 0.000000283. The van der Waals surface area contributed by atoms with Crippen LogP contribution in [0.2, 0.25) is 0 Å². The van der Waals surface area contributed by atoms with Crippen LogP contribution in [0.5, 0.6) is 0 Å². The molecule has 8 aromatic rings. The monoisotopic (exact) mass is 1240 g/mol. The molecule has 464 valence electrons. The molecule has 17 heteroatoms. The third kappa shape index (κ3) is 19.6. The van der Waals surface area contributed by atoms with Crippen LogP contribution in [0.15, 0.2) is 170 Å². The van der Waals surface area contributed by atoms with Gasteiger partial charge in [0.2, 0.25) is 0 Å². The van der Waals surface area contributed by atoms with E-state index in [0.29, 0.717) is 58.7 Å². The molecule has 4 N–H and O–H groups in total. The number of rotatable bonds is 26. The van der Waals surface area contributed by atoms with E-state index < -0.39 is 42.1 Å². The van der Waals surface area contributed by atoms with Crippen LogP contribution in [0.4, 0.5) is 20.2 Å². The van der Waals surface area contributed by atoms with Crippen molar-refractivity contribution in [2.75, 3.05) is 24.9 Å². The van der Waals surface area contributed by atoms with Gasteiger partial charge in [-0.25, -0.2) is 8.78 Å². The first-order valence-corrected chi connectivity index (χ1v) is 29.8. The Kier molecular flexibility index (Phi) is 26.7. The van der Waals surface area contributed by atoms with Crippen molar-refractivity contribution in [2.24, 2.45) is 0 Å². The molecule has 14 nitrogen and oxygen atoms in total. The Hall–Kier alpha value is -7.28. The summed E-state index contributed by atoms with van der Waals surface area (Å²) in [6, 6.07) is 50.3. The zero-order valence-electron chi connectivity index (χ0n) is 52.3. The summed E-state index contributed by atoms with van der Waals surface area (Å²) in [4.78, 5) is 51.8. The molecule has 0 unspecified atom stereocenters. The maximum atomic E-state index is 14.3. The molecule has 6 aromatic carbocycles. The van der Waals surface area contributed by atoms with Crippen molar-refractivity contribution in [2.45, 2.75) is 142 Å². The summed E-state index contributed by atoms with van der Waals surface area (Å²) in [5, 5.41) is 37.7. The molecule has 0 spiro atoms. The number of methoxy groups -OCH3 is 2. The van der Waals surface area contributed by atoms with Crippen LogP contribution in [-0.2, 0) is 36.9 Å². The van der Waals surface area contributed by atoms with E-state index in [2.05, 4.69) is 29.0 Å². The standard InChI is InChI=1S/C39H47FN2O5.C33H35FN2O5.Ca/c1-26(2)36-35(38(44)41-30-16-12-9-13-17-30)34(27-14-10-8-11-15-27)37(28-18-20-29(40)21-19-28)42(36)23-22-31(45-6)24-32(46-7)25-33(43)47-39(3,4)5;1-21(2)31-30(33(41)35-25-11-7-4-8-12-25)29(22-9-5-3-6-10-22)32(23-13-15-24(34)16-14-23)36(31)18-17-26(37)19-27(38)20-28(39)40;/h8-21,26,31-32H,22-25H2,1-7H3,(H,41,44);3-16,21,26-27,37-38H,17-20H2,1-2H3,(H,35,41)(H,39,40);/q;;+2/p-1/t31-,32-;26-,27-;/m11./s1. The first-order chi connectivity index (χ1) is 42.1. The first kappa shape index (κ1) is 70.8. The minimum atomic E-state index is -1.39. The largest absolute Gasteiger partial charge is 2.00 e. The molecule has 0 saturated heterocycles. The number of ether oxygens (including phenoxy) is 3. The van der Waals surface area contributed by atoms with E-state index >= 15 is 0 Å². The molecule has 0 radical (unpaired) electrons. The normalized spacial score (nSPS) is 12.7. The first-order valence-electron chi connectivity index (χ1n) is 29.8. The number of carbonyl (C=O) groups is 4. The van der Waals surface area contributed by atoms with E-state index in [-0.39, 0.29) is 105 Å². The molecule has 4 atom stereocenters. The summed E-state index contributed by atoms with van der Waals surface area (Å²) in [7, 11) is 3.24. The number of benzene rings is 6. The number of para-hydroxylation sites is 2. The van der Waals surface area contributed by atoms with E-state index in [9.17, 15) is 43.3 Å². The third-order valence-electron chi connectivity index (χ3n) is 14.9. The number of carbonyl (C=O) groups excluding carboxylic acids is 4. The second-order valence-electron chi connectivity index (χ2n) is 23.4. The molecule has 2 amide bonds. The van der Waals surface area contributed by atoms with Crippen molar-refractivity contribution >= 4 is 72.9 Å². The number of aliphatic carboxylic acids is 1. The molecular weight excluding hydrogens is 1160 g/mol. The van der Waals surface area contributed by atoms with E-state index in [1.165, 1.54) is 24.3 Å². The number of anilines is 2. The number of halogens is 2. The Labute approximate surface area is 551 Å². The average Bonchev–Trinajstić information content (AvgIpc) is 1.68. The van der Waals surface area contributed by atoms with Gasteiger partial charge in [-0.1, -0.05) is 125 Å². The van der Waals surface area contributed by atoms with Gasteiger partial charge in [0, 0.05) is 80.0 Å². The number of aliphatic hydroxyl groups excluding tert-OH is 2. The fourth-order valence-corrected chi connectivity index (χ4v) is 11.1. The Morgan fingerprint density at radius 3 is 1.26 bits per heavy atom. The van der Waals surface area contributed by atoms with Crippen LogP contribution in [0.1, 0.15) is 131 Å². The number of nitrogens with zero attached hydrogens (tertiary/aromatic N) is 2. The second-order valence-corrected chi connectivity index (χ2v) is 23.4. The number of aromatic nitrogens is 2. The fraction of sp³-hybridized carbons (Fsp3) is 0.333. The maximum Gasteiger partial charge on any atom is 2.00 e. The van der Waals surface area contributed by atoms with E-state index in [0.717, 1.165) is 39.3 Å². The molecule has 2 heterocycles.